The fraction of sp³-hybridized carbons (Fsp3) is 0.696. The molecule has 0 aromatic heterocycles. The van der Waals surface area contributed by atoms with Gasteiger partial charge in [0, 0.05) is 32.2 Å². The highest BCUT2D eigenvalue weighted by molar-refractivity contribution is 7.90. The quantitative estimate of drug-likeness (QED) is 0.352. The topological polar surface area (TPSA) is 79.8 Å². The van der Waals surface area contributed by atoms with Crippen molar-refractivity contribution in [2.75, 3.05) is 32.0 Å². The first-order valence-corrected chi connectivity index (χ1v) is 12.9. The second kappa shape index (κ2) is 11.7. The Morgan fingerprint density at radius 2 is 1.93 bits per heavy atom. The van der Waals surface area contributed by atoms with Gasteiger partial charge < -0.3 is 15.4 Å². The Labute approximate surface area is 182 Å². The van der Waals surface area contributed by atoms with Crippen LogP contribution < -0.4 is 10.6 Å². The van der Waals surface area contributed by atoms with Gasteiger partial charge in [0.1, 0.15) is 0 Å². The predicted molar refractivity (Wildman–Crippen MR) is 124 cm³/mol. The SMILES string of the molecule is CCNC(=NCC1CCCOC1C(C)(C)C)NCCCS(=O)(=O)Cc1ccccc1. The van der Waals surface area contributed by atoms with Gasteiger partial charge in [0.2, 0.25) is 0 Å². The molecule has 1 aromatic rings. The third-order valence-electron chi connectivity index (χ3n) is 5.28. The first-order valence-electron chi connectivity index (χ1n) is 11.1. The van der Waals surface area contributed by atoms with Gasteiger partial charge in [0.15, 0.2) is 15.8 Å². The average Bonchev–Trinajstić information content (AvgIpc) is 2.69. The lowest BCUT2D eigenvalue weighted by atomic mass is 9.78. The number of hydrogen-bond donors (Lipinski definition) is 2. The Kier molecular flexibility index (Phi) is 9.62. The van der Waals surface area contributed by atoms with Gasteiger partial charge in [-0.1, -0.05) is 51.1 Å². The van der Waals surface area contributed by atoms with Crippen LogP contribution in [0.1, 0.15) is 52.5 Å². The molecule has 2 atom stereocenters. The van der Waals surface area contributed by atoms with E-state index in [1.54, 1.807) is 0 Å². The number of aliphatic imine (C=N–C) groups is 1. The molecular weight excluding hydrogens is 398 g/mol. The van der Waals surface area contributed by atoms with Crippen molar-refractivity contribution >= 4 is 15.8 Å². The van der Waals surface area contributed by atoms with Crippen LogP contribution in [-0.2, 0) is 20.3 Å². The Hall–Kier alpha value is -1.60. The molecule has 1 aromatic carbocycles. The van der Waals surface area contributed by atoms with Gasteiger partial charge in [-0.25, -0.2) is 8.42 Å². The highest BCUT2D eigenvalue weighted by Gasteiger charge is 2.35. The Balaban J connectivity index is 1.83. The van der Waals surface area contributed by atoms with Crippen molar-refractivity contribution in [1.82, 2.24) is 10.6 Å². The van der Waals surface area contributed by atoms with Crippen LogP contribution in [0.25, 0.3) is 0 Å². The number of sulfone groups is 1. The summed E-state index contributed by atoms with van der Waals surface area (Å²) in [6.07, 6.45) is 2.97. The molecule has 0 bridgehead atoms. The predicted octanol–water partition coefficient (Wildman–Crippen LogP) is 3.39. The molecule has 2 rings (SSSR count). The molecule has 1 aliphatic heterocycles. The van der Waals surface area contributed by atoms with E-state index in [1.807, 2.05) is 37.3 Å². The molecule has 0 aliphatic carbocycles. The van der Waals surface area contributed by atoms with Crippen molar-refractivity contribution in [3.8, 4) is 0 Å². The minimum atomic E-state index is -3.11. The maximum atomic E-state index is 12.3. The zero-order valence-electron chi connectivity index (χ0n) is 19.0. The van der Waals surface area contributed by atoms with E-state index in [4.69, 9.17) is 9.73 Å². The number of hydrogen-bond acceptors (Lipinski definition) is 4. The van der Waals surface area contributed by atoms with E-state index >= 15 is 0 Å². The lowest BCUT2D eigenvalue weighted by molar-refractivity contribution is -0.0823. The molecular formula is C23H39N3O3S. The molecule has 2 unspecified atom stereocenters. The first kappa shape index (κ1) is 24.7. The Morgan fingerprint density at radius 1 is 1.20 bits per heavy atom. The molecule has 1 heterocycles. The van der Waals surface area contributed by atoms with Gasteiger partial charge in [-0.15, -0.1) is 0 Å². The summed E-state index contributed by atoms with van der Waals surface area (Å²) in [6, 6.07) is 9.34. The van der Waals surface area contributed by atoms with Crippen LogP contribution in [0.15, 0.2) is 35.3 Å². The Bertz CT molecular complexity index is 758. The van der Waals surface area contributed by atoms with Crippen molar-refractivity contribution in [2.24, 2.45) is 16.3 Å². The smallest absolute Gasteiger partial charge is 0.191 e. The summed E-state index contributed by atoms with van der Waals surface area (Å²) in [5.74, 6) is 1.41. The number of ether oxygens (including phenoxy) is 1. The molecule has 1 saturated heterocycles. The molecule has 1 aliphatic rings. The van der Waals surface area contributed by atoms with Crippen LogP contribution in [0.3, 0.4) is 0 Å². The van der Waals surface area contributed by atoms with Crippen molar-refractivity contribution in [3.63, 3.8) is 0 Å². The number of benzene rings is 1. The van der Waals surface area contributed by atoms with E-state index in [0.29, 0.717) is 25.4 Å². The molecule has 1 fully saturated rings. The van der Waals surface area contributed by atoms with Gasteiger partial charge in [-0.3, -0.25) is 4.99 Å². The summed E-state index contributed by atoms with van der Waals surface area (Å²) < 4.78 is 30.7. The third-order valence-corrected chi connectivity index (χ3v) is 6.96. The molecule has 0 saturated carbocycles. The number of nitrogens with zero attached hydrogens (tertiary/aromatic N) is 1. The summed E-state index contributed by atoms with van der Waals surface area (Å²) in [4.78, 5) is 4.77. The van der Waals surface area contributed by atoms with Crippen LogP contribution in [-0.4, -0.2) is 52.5 Å². The molecule has 170 valence electrons. The van der Waals surface area contributed by atoms with Crippen LogP contribution >= 0.6 is 0 Å². The molecule has 30 heavy (non-hydrogen) atoms. The largest absolute Gasteiger partial charge is 0.377 e. The Morgan fingerprint density at radius 3 is 2.60 bits per heavy atom. The fourth-order valence-electron chi connectivity index (χ4n) is 3.94. The maximum Gasteiger partial charge on any atom is 0.191 e. The number of rotatable bonds is 9. The van der Waals surface area contributed by atoms with E-state index < -0.39 is 9.84 Å². The second-order valence-electron chi connectivity index (χ2n) is 9.14. The minimum Gasteiger partial charge on any atom is -0.377 e. The molecule has 0 radical (unpaired) electrons. The van der Waals surface area contributed by atoms with Crippen molar-refractivity contribution < 1.29 is 13.2 Å². The first-order chi connectivity index (χ1) is 14.2. The van der Waals surface area contributed by atoms with Gasteiger partial charge in [0.05, 0.1) is 17.6 Å². The lowest BCUT2D eigenvalue weighted by Crippen LogP contribution is -2.43. The summed E-state index contributed by atoms with van der Waals surface area (Å²) in [5, 5.41) is 6.55. The normalized spacial score (nSPS) is 20.7. The van der Waals surface area contributed by atoms with Crippen LogP contribution in [0.2, 0.25) is 0 Å². The second-order valence-corrected chi connectivity index (χ2v) is 11.3. The van der Waals surface area contributed by atoms with Crippen molar-refractivity contribution in [1.29, 1.82) is 0 Å². The van der Waals surface area contributed by atoms with E-state index in [2.05, 4.69) is 31.4 Å². The molecule has 0 spiro atoms. The highest BCUT2D eigenvalue weighted by atomic mass is 32.2. The highest BCUT2D eigenvalue weighted by Crippen LogP contribution is 2.34. The van der Waals surface area contributed by atoms with Crippen molar-refractivity contribution in [3.05, 3.63) is 35.9 Å². The number of guanidine groups is 1. The van der Waals surface area contributed by atoms with E-state index in [1.165, 1.54) is 0 Å². The summed E-state index contributed by atoms with van der Waals surface area (Å²) in [6.45, 7) is 11.6. The summed E-state index contributed by atoms with van der Waals surface area (Å²) in [7, 11) is -3.11. The molecule has 0 amide bonds. The van der Waals surface area contributed by atoms with E-state index in [0.717, 1.165) is 37.5 Å². The standard InChI is InChI=1S/C23H39N3O3S/c1-5-24-22(26-17-20-13-9-15-29-21(20)23(2,3)4)25-14-10-16-30(27,28)18-19-11-7-6-8-12-19/h6-8,11-12,20-21H,5,9-10,13-18H2,1-4H3,(H2,24,25,26). The van der Waals surface area contributed by atoms with Gasteiger partial charge in [-0.05, 0) is 37.2 Å². The van der Waals surface area contributed by atoms with Gasteiger partial charge in [-0.2, -0.15) is 0 Å². The average molecular weight is 438 g/mol. The van der Waals surface area contributed by atoms with Gasteiger partial charge >= 0.3 is 0 Å². The molecule has 6 nitrogen and oxygen atoms in total. The van der Waals surface area contributed by atoms with E-state index in [-0.39, 0.29) is 23.0 Å². The summed E-state index contributed by atoms with van der Waals surface area (Å²) >= 11 is 0. The fourth-order valence-corrected chi connectivity index (χ4v) is 5.37. The zero-order valence-corrected chi connectivity index (χ0v) is 19.8. The third kappa shape index (κ3) is 8.64. The lowest BCUT2D eigenvalue weighted by Gasteiger charge is -2.39. The van der Waals surface area contributed by atoms with E-state index in [9.17, 15) is 8.42 Å². The van der Waals surface area contributed by atoms with Gasteiger partial charge in [0.25, 0.3) is 0 Å². The zero-order chi connectivity index (χ0) is 22.0. The molecule has 7 heteroatoms. The van der Waals surface area contributed by atoms with Crippen LogP contribution in [0, 0.1) is 11.3 Å². The number of nitrogens with one attached hydrogen (secondary N) is 2. The van der Waals surface area contributed by atoms with Crippen molar-refractivity contribution in [2.45, 2.75) is 58.8 Å². The minimum absolute atomic E-state index is 0.0951. The summed E-state index contributed by atoms with van der Waals surface area (Å²) in [5.41, 5.74) is 0.933. The molecule has 2 N–H and O–H groups in total. The van der Waals surface area contributed by atoms with Crippen LogP contribution in [0.4, 0.5) is 0 Å². The monoisotopic (exact) mass is 437 g/mol. The maximum absolute atomic E-state index is 12.3. The van der Waals surface area contributed by atoms with Crippen LogP contribution in [0.5, 0.6) is 0 Å².